The molecule has 80 valence electrons. The van der Waals surface area contributed by atoms with Crippen molar-refractivity contribution in [1.29, 1.82) is 0 Å². The van der Waals surface area contributed by atoms with Gasteiger partial charge in [-0.05, 0) is 34.6 Å². The fraction of sp³-hybridized carbons (Fsp3) is 0.727. The van der Waals surface area contributed by atoms with Gasteiger partial charge < -0.3 is 5.32 Å². The summed E-state index contributed by atoms with van der Waals surface area (Å²) in [5.41, 5.74) is 2.59. The Morgan fingerprint density at radius 1 is 1.43 bits per heavy atom. The van der Waals surface area contributed by atoms with E-state index in [2.05, 4.69) is 51.2 Å². The third-order valence-corrected chi connectivity index (χ3v) is 2.18. The molecule has 0 bridgehead atoms. The highest BCUT2D eigenvalue weighted by atomic mass is 15.3. The van der Waals surface area contributed by atoms with Crippen molar-refractivity contribution in [3.8, 4) is 0 Å². The van der Waals surface area contributed by atoms with E-state index in [1.165, 1.54) is 5.56 Å². The Balaban J connectivity index is 2.63. The predicted molar refractivity (Wildman–Crippen MR) is 59.2 cm³/mol. The van der Waals surface area contributed by atoms with Gasteiger partial charge in [-0.2, -0.15) is 5.10 Å². The zero-order valence-electron chi connectivity index (χ0n) is 9.89. The Labute approximate surface area is 86.5 Å². The summed E-state index contributed by atoms with van der Waals surface area (Å²) in [4.78, 5) is 0. The minimum atomic E-state index is 0.167. The lowest BCUT2D eigenvalue weighted by molar-refractivity contribution is 0.423. The zero-order valence-corrected chi connectivity index (χ0v) is 9.89. The van der Waals surface area contributed by atoms with Crippen LogP contribution in [-0.4, -0.2) is 15.3 Å². The summed E-state index contributed by atoms with van der Waals surface area (Å²) in [6, 6.07) is 0. The number of aromatic nitrogens is 2. The number of nitrogens with one attached hydrogen (secondary N) is 1. The van der Waals surface area contributed by atoms with E-state index >= 15 is 0 Å². The fourth-order valence-corrected chi connectivity index (χ4v) is 1.26. The normalized spacial score (nSPS) is 12.1. The first-order valence-electron chi connectivity index (χ1n) is 5.20. The van der Waals surface area contributed by atoms with Gasteiger partial charge in [0.2, 0.25) is 0 Å². The van der Waals surface area contributed by atoms with E-state index in [1.54, 1.807) is 0 Å². The molecule has 1 aromatic heterocycles. The zero-order chi connectivity index (χ0) is 10.8. The van der Waals surface area contributed by atoms with Crippen molar-refractivity contribution in [3.63, 3.8) is 0 Å². The first-order valence-corrected chi connectivity index (χ1v) is 5.20. The first kappa shape index (κ1) is 11.2. The van der Waals surface area contributed by atoms with E-state index in [0.717, 1.165) is 18.8 Å². The van der Waals surface area contributed by atoms with E-state index < -0.39 is 0 Å². The molecule has 0 aliphatic carbocycles. The van der Waals surface area contributed by atoms with Crippen LogP contribution < -0.4 is 5.32 Å². The molecule has 0 aliphatic heterocycles. The van der Waals surface area contributed by atoms with Gasteiger partial charge in [0.05, 0.1) is 5.69 Å². The number of rotatable bonds is 3. The van der Waals surface area contributed by atoms with Crippen molar-refractivity contribution in [2.24, 2.45) is 0 Å². The molecule has 0 spiro atoms. The van der Waals surface area contributed by atoms with Crippen LogP contribution in [0.25, 0.3) is 0 Å². The molecule has 0 saturated heterocycles. The Morgan fingerprint density at radius 2 is 2.07 bits per heavy atom. The quantitative estimate of drug-likeness (QED) is 0.800. The highest BCUT2D eigenvalue weighted by Crippen LogP contribution is 2.08. The Kier molecular flexibility index (Phi) is 3.32. The van der Waals surface area contributed by atoms with Gasteiger partial charge >= 0.3 is 0 Å². The van der Waals surface area contributed by atoms with Crippen LogP contribution in [0.4, 0.5) is 0 Å². The molecule has 3 heteroatoms. The Morgan fingerprint density at radius 3 is 2.50 bits per heavy atom. The second-order valence-corrected chi connectivity index (χ2v) is 4.70. The standard InChI is InChI=1S/C11H21N3/c1-6-14-8-10(9(2)13-14)7-12-11(3,4)5/h8,12H,6-7H2,1-5H3. The summed E-state index contributed by atoms with van der Waals surface area (Å²) in [5.74, 6) is 0. The average Bonchev–Trinajstić information content (AvgIpc) is 2.42. The molecule has 0 radical (unpaired) electrons. The molecule has 0 amide bonds. The largest absolute Gasteiger partial charge is 0.308 e. The lowest BCUT2D eigenvalue weighted by Gasteiger charge is -2.20. The average molecular weight is 195 g/mol. The molecule has 0 aliphatic rings. The molecule has 0 aromatic carbocycles. The van der Waals surface area contributed by atoms with E-state index in [-0.39, 0.29) is 5.54 Å². The van der Waals surface area contributed by atoms with Crippen molar-refractivity contribution in [2.45, 2.75) is 53.2 Å². The first-order chi connectivity index (χ1) is 6.42. The molecular formula is C11H21N3. The Bertz CT molecular complexity index is 294. The van der Waals surface area contributed by atoms with E-state index in [4.69, 9.17) is 0 Å². The number of nitrogens with zero attached hydrogens (tertiary/aromatic N) is 2. The van der Waals surface area contributed by atoms with Crippen molar-refractivity contribution in [1.82, 2.24) is 15.1 Å². The molecular weight excluding hydrogens is 174 g/mol. The van der Waals surface area contributed by atoms with Gasteiger partial charge in [-0.1, -0.05) is 0 Å². The highest BCUT2D eigenvalue weighted by molar-refractivity contribution is 5.15. The van der Waals surface area contributed by atoms with E-state index in [9.17, 15) is 0 Å². The van der Waals surface area contributed by atoms with Crippen LogP contribution >= 0.6 is 0 Å². The minimum Gasteiger partial charge on any atom is -0.308 e. The maximum Gasteiger partial charge on any atom is 0.0638 e. The molecule has 0 atom stereocenters. The summed E-state index contributed by atoms with van der Waals surface area (Å²) in [5, 5.41) is 7.87. The molecule has 1 aromatic rings. The summed E-state index contributed by atoms with van der Waals surface area (Å²) in [6.07, 6.45) is 2.12. The van der Waals surface area contributed by atoms with Crippen LogP contribution in [-0.2, 0) is 13.1 Å². The lowest BCUT2D eigenvalue weighted by Crippen LogP contribution is -2.35. The lowest BCUT2D eigenvalue weighted by atomic mass is 10.1. The number of hydrogen-bond donors (Lipinski definition) is 1. The predicted octanol–water partition coefficient (Wildman–Crippen LogP) is 2.10. The van der Waals surface area contributed by atoms with Crippen molar-refractivity contribution < 1.29 is 0 Å². The maximum absolute atomic E-state index is 4.41. The van der Waals surface area contributed by atoms with Gasteiger partial charge in [-0.25, -0.2) is 0 Å². The van der Waals surface area contributed by atoms with Gasteiger partial charge in [0.15, 0.2) is 0 Å². The van der Waals surface area contributed by atoms with Crippen molar-refractivity contribution >= 4 is 0 Å². The Hall–Kier alpha value is -0.830. The van der Waals surface area contributed by atoms with Gasteiger partial charge in [0.25, 0.3) is 0 Å². The summed E-state index contributed by atoms with van der Waals surface area (Å²) < 4.78 is 1.98. The third kappa shape index (κ3) is 3.14. The molecule has 0 unspecified atom stereocenters. The van der Waals surface area contributed by atoms with Crippen LogP contribution in [0.3, 0.4) is 0 Å². The molecule has 1 rings (SSSR count). The monoisotopic (exact) mass is 195 g/mol. The second-order valence-electron chi connectivity index (χ2n) is 4.70. The van der Waals surface area contributed by atoms with Gasteiger partial charge in [0.1, 0.15) is 0 Å². The van der Waals surface area contributed by atoms with Gasteiger partial charge in [-0.3, -0.25) is 4.68 Å². The third-order valence-electron chi connectivity index (χ3n) is 2.18. The van der Waals surface area contributed by atoms with Crippen LogP contribution in [0.15, 0.2) is 6.20 Å². The smallest absolute Gasteiger partial charge is 0.0638 e. The van der Waals surface area contributed by atoms with E-state index in [0.29, 0.717) is 0 Å². The van der Waals surface area contributed by atoms with Crippen LogP contribution in [0.5, 0.6) is 0 Å². The minimum absolute atomic E-state index is 0.167. The molecule has 0 fully saturated rings. The van der Waals surface area contributed by atoms with Crippen molar-refractivity contribution in [3.05, 3.63) is 17.5 Å². The highest BCUT2D eigenvalue weighted by Gasteiger charge is 2.10. The summed E-state index contributed by atoms with van der Waals surface area (Å²) >= 11 is 0. The SMILES string of the molecule is CCn1cc(CNC(C)(C)C)c(C)n1. The number of aryl methyl sites for hydroxylation is 2. The maximum atomic E-state index is 4.41. The van der Waals surface area contributed by atoms with Crippen LogP contribution in [0.1, 0.15) is 39.0 Å². The van der Waals surface area contributed by atoms with Crippen LogP contribution in [0, 0.1) is 6.92 Å². The van der Waals surface area contributed by atoms with Crippen molar-refractivity contribution in [2.75, 3.05) is 0 Å². The van der Waals surface area contributed by atoms with Gasteiger partial charge in [0, 0.05) is 30.4 Å². The fourth-order valence-electron chi connectivity index (χ4n) is 1.26. The second kappa shape index (κ2) is 4.13. The van der Waals surface area contributed by atoms with Gasteiger partial charge in [-0.15, -0.1) is 0 Å². The molecule has 3 nitrogen and oxygen atoms in total. The molecule has 1 heterocycles. The summed E-state index contributed by atoms with van der Waals surface area (Å²) in [7, 11) is 0. The molecule has 0 saturated carbocycles. The molecule has 1 N–H and O–H groups in total. The van der Waals surface area contributed by atoms with E-state index in [1.807, 2.05) is 4.68 Å². The topological polar surface area (TPSA) is 29.9 Å². The van der Waals surface area contributed by atoms with Crippen LogP contribution in [0.2, 0.25) is 0 Å². The summed E-state index contributed by atoms with van der Waals surface area (Å²) in [6.45, 7) is 12.5. The molecule has 14 heavy (non-hydrogen) atoms. The number of hydrogen-bond acceptors (Lipinski definition) is 2.